The van der Waals surface area contributed by atoms with Crippen molar-refractivity contribution in [1.29, 1.82) is 0 Å². The molecule has 1 aromatic heterocycles. The monoisotopic (exact) mass is 257 g/mol. The number of hydrogen-bond donors (Lipinski definition) is 1. The Balaban J connectivity index is 2.37. The van der Waals surface area contributed by atoms with E-state index in [4.69, 9.17) is 5.73 Å². The first-order valence-electron chi connectivity index (χ1n) is 5.77. The molecule has 1 aromatic rings. The van der Waals surface area contributed by atoms with Crippen molar-refractivity contribution in [3.05, 3.63) is 23.5 Å². The molecule has 1 aliphatic rings. The fourth-order valence-electron chi connectivity index (χ4n) is 1.97. The van der Waals surface area contributed by atoms with Gasteiger partial charge in [0.25, 0.3) is 0 Å². The zero-order chi connectivity index (χ0) is 13.3. The molecule has 0 amide bonds. The maximum absolute atomic E-state index is 12.6. The van der Waals surface area contributed by atoms with Crippen molar-refractivity contribution in [3.8, 4) is 0 Å². The Hall–Kier alpha value is -1.59. The van der Waals surface area contributed by atoms with Gasteiger partial charge >= 0.3 is 6.18 Å². The molecular weight excluding hydrogens is 243 g/mol. The largest absolute Gasteiger partial charge is 0.433 e. The normalized spacial score (nSPS) is 20.7. The van der Waals surface area contributed by atoms with Crippen molar-refractivity contribution in [2.24, 2.45) is 5.92 Å². The van der Waals surface area contributed by atoms with Crippen LogP contribution in [-0.2, 0) is 6.18 Å². The summed E-state index contributed by atoms with van der Waals surface area (Å²) in [5, 5.41) is 0. The van der Waals surface area contributed by atoms with Crippen LogP contribution in [0, 0.1) is 5.92 Å². The number of allylic oxidation sites excluding steroid dienone is 2. The molecule has 2 rings (SSSR count). The molecular formula is C12H14F3N3. The van der Waals surface area contributed by atoms with Gasteiger partial charge in [-0.1, -0.05) is 13.0 Å². The molecule has 0 bridgehead atoms. The van der Waals surface area contributed by atoms with Crippen LogP contribution >= 0.6 is 0 Å². The van der Waals surface area contributed by atoms with E-state index in [-0.39, 0.29) is 5.95 Å². The molecule has 1 aliphatic carbocycles. The van der Waals surface area contributed by atoms with Gasteiger partial charge in [0, 0.05) is 0 Å². The summed E-state index contributed by atoms with van der Waals surface area (Å²) in [4.78, 5) is 7.12. The van der Waals surface area contributed by atoms with Crippen LogP contribution in [0.1, 0.15) is 37.6 Å². The highest BCUT2D eigenvalue weighted by molar-refractivity contribution is 5.64. The minimum Gasteiger partial charge on any atom is -0.368 e. The van der Waals surface area contributed by atoms with E-state index in [1.165, 1.54) is 0 Å². The maximum Gasteiger partial charge on any atom is 0.433 e. The molecule has 0 fully saturated rings. The van der Waals surface area contributed by atoms with Gasteiger partial charge in [-0.15, -0.1) is 0 Å². The van der Waals surface area contributed by atoms with Crippen LogP contribution in [0.5, 0.6) is 0 Å². The Kier molecular flexibility index (Phi) is 3.28. The van der Waals surface area contributed by atoms with Crippen LogP contribution in [-0.4, -0.2) is 9.97 Å². The van der Waals surface area contributed by atoms with E-state index < -0.39 is 11.9 Å². The Bertz CT molecular complexity index is 480. The average molecular weight is 257 g/mol. The molecule has 0 aliphatic heterocycles. The van der Waals surface area contributed by atoms with Gasteiger partial charge in [-0.25, -0.2) is 9.97 Å². The molecule has 1 unspecified atom stereocenters. The minimum atomic E-state index is -4.49. The van der Waals surface area contributed by atoms with E-state index in [0.717, 1.165) is 30.9 Å². The number of rotatable bonds is 1. The van der Waals surface area contributed by atoms with Crippen molar-refractivity contribution < 1.29 is 13.2 Å². The van der Waals surface area contributed by atoms with Crippen molar-refractivity contribution in [2.75, 3.05) is 5.73 Å². The molecule has 98 valence electrons. The van der Waals surface area contributed by atoms with Gasteiger partial charge in [0.15, 0.2) is 5.69 Å². The molecule has 0 aromatic carbocycles. The number of halogens is 3. The molecule has 0 spiro atoms. The van der Waals surface area contributed by atoms with Crippen molar-refractivity contribution in [3.63, 3.8) is 0 Å². The highest BCUT2D eigenvalue weighted by atomic mass is 19.4. The summed E-state index contributed by atoms with van der Waals surface area (Å²) < 4.78 is 37.8. The number of nitrogens with zero attached hydrogens (tertiary/aromatic N) is 2. The first-order chi connectivity index (χ1) is 8.36. The topological polar surface area (TPSA) is 51.8 Å². The smallest absolute Gasteiger partial charge is 0.368 e. The molecule has 18 heavy (non-hydrogen) atoms. The Morgan fingerprint density at radius 3 is 2.61 bits per heavy atom. The molecule has 0 radical (unpaired) electrons. The third kappa shape index (κ3) is 2.80. The van der Waals surface area contributed by atoms with Gasteiger partial charge in [-0.05, 0) is 36.8 Å². The highest BCUT2D eigenvalue weighted by Crippen LogP contribution is 2.33. The van der Waals surface area contributed by atoms with Gasteiger partial charge in [0.05, 0.1) is 5.69 Å². The van der Waals surface area contributed by atoms with Crippen LogP contribution in [0.2, 0.25) is 0 Å². The van der Waals surface area contributed by atoms with Crippen LogP contribution in [0.15, 0.2) is 12.1 Å². The molecule has 2 N–H and O–H groups in total. The van der Waals surface area contributed by atoms with E-state index in [9.17, 15) is 13.2 Å². The standard InChI is InChI=1S/C12H14F3N3/c1-7-2-4-8(5-3-7)9-6-10(12(13,14)15)18-11(16)17-9/h4,6-7H,2-3,5H2,1H3,(H2,16,17,18). The minimum absolute atomic E-state index is 0.293. The third-order valence-corrected chi connectivity index (χ3v) is 3.04. The van der Waals surface area contributed by atoms with Gasteiger partial charge < -0.3 is 5.73 Å². The zero-order valence-electron chi connectivity index (χ0n) is 9.96. The summed E-state index contributed by atoms with van der Waals surface area (Å²) in [5.41, 5.74) is 5.48. The second-order valence-electron chi connectivity index (χ2n) is 4.60. The Morgan fingerprint density at radius 1 is 1.33 bits per heavy atom. The number of anilines is 1. The van der Waals surface area contributed by atoms with Crippen molar-refractivity contribution in [1.82, 2.24) is 9.97 Å². The van der Waals surface area contributed by atoms with Crippen LogP contribution in [0.3, 0.4) is 0 Å². The summed E-state index contributed by atoms with van der Waals surface area (Å²) in [5.74, 6) is 0.231. The summed E-state index contributed by atoms with van der Waals surface area (Å²) in [6.45, 7) is 2.11. The van der Waals surface area contributed by atoms with Gasteiger partial charge in [0.2, 0.25) is 5.95 Å². The van der Waals surface area contributed by atoms with Crippen LogP contribution < -0.4 is 5.73 Å². The summed E-state index contributed by atoms with van der Waals surface area (Å²) in [7, 11) is 0. The highest BCUT2D eigenvalue weighted by Gasteiger charge is 2.33. The fraction of sp³-hybridized carbons (Fsp3) is 0.500. The Morgan fingerprint density at radius 2 is 2.06 bits per heavy atom. The molecule has 6 heteroatoms. The molecule has 1 heterocycles. The maximum atomic E-state index is 12.6. The lowest BCUT2D eigenvalue weighted by molar-refractivity contribution is -0.141. The van der Waals surface area contributed by atoms with E-state index >= 15 is 0 Å². The molecule has 3 nitrogen and oxygen atoms in total. The fourth-order valence-corrected chi connectivity index (χ4v) is 1.97. The summed E-state index contributed by atoms with van der Waals surface area (Å²) >= 11 is 0. The predicted molar refractivity (Wildman–Crippen MR) is 62.4 cm³/mol. The molecule has 0 saturated carbocycles. The SMILES string of the molecule is CC1CC=C(c2cc(C(F)(F)F)nc(N)n2)CC1. The van der Waals surface area contributed by atoms with Crippen molar-refractivity contribution >= 4 is 11.5 Å². The van der Waals surface area contributed by atoms with Crippen molar-refractivity contribution in [2.45, 2.75) is 32.4 Å². The van der Waals surface area contributed by atoms with E-state index in [1.54, 1.807) is 0 Å². The Labute approximate surface area is 103 Å². The lowest BCUT2D eigenvalue weighted by atomic mass is 9.89. The third-order valence-electron chi connectivity index (χ3n) is 3.04. The zero-order valence-corrected chi connectivity index (χ0v) is 9.96. The van der Waals surface area contributed by atoms with E-state index in [0.29, 0.717) is 11.6 Å². The quantitative estimate of drug-likeness (QED) is 0.840. The average Bonchev–Trinajstić information content (AvgIpc) is 2.28. The second kappa shape index (κ2) is 4.59. The number of hydrogen-bond acceptors (Lipinski definition) is 3. The van der Waals surface area contributed by atoms with Gasteiger partial charge in [0.1, 0.15) is 0 Å². The first-order valence-corrected chi connectivity index (χ1v) is 5.77. The van der Waals surface area contributed by atoms with Gasteiger partial charge in [-0.3, -0.25) is 0 Å². The van der Waals surface area contributed by atoms with E-state index in [2.05, 4.69) is 16.9 Å². The first kappa shape index (κ1) is 12.9. The number of nitrogens with two attached hydrogens (primary N) is 1. The van der Waals surface area contributed by atoms with Crippen LogP contribution in [0.4, 0.5) is 19.1 Å². The van der Waals surface area contributed by atoms with E-state index in [1.807, 2.05) is 6.08 Å². The van der Waals surface area contributed by atoms with Crippen LogP contribution in [0.25, 0.3) is 5.57 Å². The lowest BCUT2D eigenvalue weighted by Crippen LogP contribution is -2.13. The number of alkyl halides is 3. The predicted octanol–water partition coefficient (Wildman–Crippen LogP) is 3.28. The number of aromatic nitrogens is 2. The summed E-state index contributed by atoms with van der Waals surface area (Å²) in [6, 6.07) is 0.970. The number of nitrogen functional groups attached to an aromatic ring is 1. The lowest BCUT2D eigenvalue weighted by Gasteiger charge is -2.18. The van der Waals surface area contributed by atoms with Gasteiger partial charge in [-0.2, -0.15) is 13.2 Å². The second-order valence-corrected chi connectivity index (χ2v) is 4.60. The molecule has 1 atom stereocenters. The molecule has 0 saturated heterocycles. The summed E-state index contributed by atoms with van der Waals surface area (Å²) in [6.07, 6.45) is -0.00295.